The Bertz CT molecular complexity index is 915. The minimum atomic E-state index is 0.629. The predicted molar refractivity (Wildman–Crippen MR) is 112 cm³/mol. The van der Waals surface area contributed by atoms with Crippen LogP contribution in [-0.4, -0.2) is 30.7 Å². The highest BCUT2D eigenvalue weighted by Crippen LogP contribution is 2.19. The number of nitrogens with zero attached hydrogens (tertiary/aromatic N) is 2. The summed E-state index contributed by atoms with van der Waals surface area (Å²) in [6.45, 7) is 3.29. The molecule has 1 heterocycles. The van der Waals surface area contributed by atoms with Gasteiger partial charge in [0, 0.05) is 24.7 Å². The van der Waals surface area contributed by atoms with Gasteiger partial charge >= 0.3 is 0 Å². The van der Waals surface area contributed by atoms with E-state index < -0.39 is 0 Å². The minimum Gasteiger partial charge on any atom is -0.497 e. The molecular formula is C22H26N4O2. The molecule has 6 nitrogen and oxygen atoms in total. The van der Waals surface area contributed by atoms with Gasteiger partial charge in [0.05, 0.1) is 14.2 Å². The number of aryl methyl sites for hydroxylation is 1. The number of para-hydroxylation sites is 1. The zero-order chi connectivity index (χ0) is 19.8. The molecule has 3 aromatic rings. The number of hydrogen-bond donors (Lipinski definition) is 2. The standard InChI is InChI=1S/C22H26N4O2/c1-16-25-21(23-12-11-17-7-6-9-19(13-17)27-2)14-22(26-16)24-15-18-8-4-5-10-20(18)28-3/h4-10,13-14H,11-12,15H2,1-3H3,(H2,23,24,25,26). The first-order valence-electron chi connectivity index (χ1n) is 9.26. The number of hydrogen-bond acceptors (Lipinski definition) is 6. The summed E-state index contributed by atoms with van der Waals surface area (Å²) in [5, 5.41) is 6.73. The third kappa shape index (κ3) is 5.36. The normalized spacial score (nSPS) is 10.4. The summed E-state index contributed by atoms with van der Waals surface area (Å²) in [7, 11) is 3.36. The lowest BCUT2D eigenvalue weighted by Crippen LogP contribution is -2.10. The quantitative estimate of drug-likeness (QED) is 0.585. The van der Waals surface area contributed by atoms with Crippen molar-refractivity contribution in [2.24, 2.45) is 0 Å². The average Bonchev–Trinajstić information content (AvgIpc) is 2.72. The van der Waals surface area contributed by atoms with E-state index in [1.54, 1.807) is 14.2 Å². The van der Waals surface area contributed by atoms with E-state index in [0.29, 0.717) is 12.4 Å². The predicted octanol–water partition coefficient (Wildman–Crippen LogP) is 4.07. The minimum absolute atomic E-state index is 0.629. The molecule has 0 fully saturated rings. The average molecular weight is 378 g/mol. The molecule has 0 saturated heterocycles. The number of benzene rings is 2. The summed E-state index contributed by atoms with van der Waals surface area (Å²) in [6, 6.07) is 18.0. The molecule has 3 rings (SSSR count). The number of ether oxygens (including phenoxy) is 2. The Morgan fingerprint density at radius 2 is 1.64 bits per heavy atom. The SMILES string of the molecule is COc1cccc(CCNc2cc(NCc3ccccc3OC)nc(C)n2)c1. The maximum absolute atomic E-state index is 5.40. The van der Waals surface area contributed by atoms with Crippen molar-refractivity contribution in [2.75, 3.05) is 31.4 Å². The van der Waals surface area contributed by atoms with Crippen LogP contribution in [0.15, 0.2) is 54.6 Å². The van der Waals surface area contributed by atoms with Gasteiger partial charge in [0.1, 0.15) is 29.0 Å². The lowest BCUT2D eigenvalue weighted by Gasteiger charge is -2.12. The maximum atomic E-state index is 5.40. The van der Waals surface area contributed by atoms with Gasteiger partial charge in [0.25, 0.3) is 0 Å². The van der Waals surface area contributed by atoms with Gasteiger partial charge in [-0.25, -0.2) is 9.97 Å². The molecule has 0 unspecified atom stereocenters. The molecule has 0 amide bonds. The van der Waals surface area contributed by atoms with Crippen LogP contribution in [0, 0.1) is 6.92 Å². The fourth-order valence-electron chi connectivity index (χ4n) is 2.95. The van der Waals surface area contributed by atoms with Crippen molar-refractivity contribution in [1.29, 1.82) is 0 Å². The molecule has 6 heteroatoms. The van der Waals surface area contributed by atoms with E-state index in [0.717, 1.165) is 41.7 Å². The Morgan fingerprint density at radius 1 is 0.857 bits per heavy atom. The lowest BCUT2D eigenvalue weighted by atomic mass is 10.1. The van der Waals surface area contributed by atoms with E-state index in [-0.39, 0.29) is 0 Å². The van der Waals surface area contributed by atoms with E-state index in [4.69, 9.17) is 9.47 Å². The third-order valence-corrected chi connectivity index (χ3v) is 4.34. The summed E-state index contributed by atoms with van der Waals surface area (Å²) in [5.41, 5.74) is 2.29. The van der Waals surface area contributed by atoms with Gasteiger partial charge in [-0.1, -0.05) is 30.3 Å². The Hall–Kier alpha value is -3.28. The molecule has 0 spiro atoms. The van der Waals surface area contributed by atoms with Gasteiger partial charge in [-0.2, -0.15) is 0 Å². The fraction of sp³-hybridized carbons (Fsp3) is 0.273. The Labute approximate surface area is 166 Å². The van der Waals surface area contributed by atoms with Crippen molar-refractivity contribution in [1.82, 2.24) is 9.97 Å². The van der Waals surface area contributed by atoms with E-state index >= 15 is 0 Å². The maximum Gasteiger partial charge on any atom is 0.132 e. The molecule has 0 bridgehead atoms. The van der Waals surface area contributed by atoms with Crippen LogP contribution in [0.25, 0.3) is 0 Å². The van der Waals surface area contributed by atoms with Crippen LogP contribution in [-0.2, 0) is 13.0 Å². The van der Waals surface area contributed by atoms with Gasteiger partial charge in [0.15, 0.2) is 0 Å². The molecule has 0 atom stereocenters. The van der Waals surface area contributed by atoms with Crippen LogP contribution in [0.3, 0.4) is 0 Å². The summed E-state index contributed by atoms with van der Waals surface area (Å²) in [4.78, 5) is 8.95. The Kier molecular flexibility index (Phi) is 6.68. The van der Waals surface area contributed by atoms with Crippen LogP contribution in [0.5, 0.6) is 11.5 Å². The number of anilines is 2. The smallest absolute Gasteiger partial charge is 0.132 e. The van der Waals surface area contributed by atoms with Gasteiger partial charge < -0.3 is 20.1 Å². The topological polar surface area (TPSA) is 68.3 Å². The molecule has 2 aromatic carbocycles. The Balaban J connectivity index is 1.59. The van der Waals surface area contributed by atoms with E-state index in [1.165, 1.54) is 5.56 Å². The van der Waals surface area contributed by atoms with Crippen molar-refractivity contribution in [2.45, 2.75) is 19.9 Å². The monoisotopic (exact) mass is 378 g/mol. The second-order valence-corrected chi connectivity index (χ2v) is 6.38. The van der Waals surface area contributed by atoms with Crippen molar-refractivity contribution in [3.63, 3.8) is 0 Å². The second kappa shape index (κ2) is 9.60. The summed E-state index contributed by atoms with van der Waals surface area (Å²) < 4.78 is 10.7. The highest BCUT2D eigenvalue weighted by molar-refractivity contribution is 5.48. The van der Waals surface area contributed by atoms with Crippen molar-refractivity contribution in [3.8, 4) is 11.5 Å². The molecule has 146 valence electrons. The van der Waals surface area contributed by atoms with Gasteiger partial charge in [0.2, 0.25) is 0 Å². The molecular weight excluding hydrogens is 352 g/mol. The molecule has 0 saturated carbocycles. The number of methoxy groups -OCH3 is 2. The van der Waals surface area contributed by atoms with Crippen molar-refractivity contribution in [3.05, 3.63) is 71.5 Å². The summed E-state index contributed by atoms with van der Waals surface area (Å²) in [5.74, 6) is 4.03. The molecule has 0 aliphatic rings. The van der Waals surface area contributed by atoms with E-state index in [9.17, 15) is 0 Å². The largest absolute Gasteiger partial charge is 0.497 e. The van der Waals surface area contributed by atoms with Crippen LogP contribution in [0.2, 0.25) is 0 Å². The third-order valence-electron chi connectivity index (χ3n) is 4.34. The van der Waals surface area contributed by atoms with Crippen LogP contribution >= 0.6 is 0 Å². The number of aromatic nitrogens is 2. The summed E-state index contributed by atoms with van der Waals surface area (Å²) in [6.07, 6.45) is 0.879. The van der Waals surface area contributed by atoms with Crippen LogP contribution < -0.4 is 20.1 Å². The van der Waals surface area contributed by atoms with Crippen molar-refractivity contribution < 1.29 is 9.47 Å². The van der Waals surface area contributed by atoms with Gasteiger partial charge in [-0.15, -0.1) is 0 Å². The summed E-state index contributed by atoms with van der Waals surface area (Å²) >= 11 is 0. The van der Waals surface area contributed by atoms with Crippen LogP contribution in [0.4, 0.5) is 11.6 Å². The van der Waals surface area contributed by atoms with E-state index in [1.807, 2.05) is 55.5 Å². The highest BCUT2D eigenvalue weighted by Gasteiger charge is 2.05. The fourth-order valence-corrected chi connectivity index (χ4v) is 2.95. The van der Waals surface area contributed by atoms with Gasteiger partial charge in [-0.05, 0) is 37.1 Å². The molecule has 2 N–H and O–H groups in total. The molecule has 0 aliphatic carbocycles. The highest BCUT2D eigenvalue weighted by atomic mass is 16.5. The Morgan fingerprint density at radius 3 is 2.43 bits per heavy atom. The lowest BCUT2D eigenvalue weighted by molar-refractivity contribution is 0.410. The molecule has 1 aromatic heterocycles. The zero-order valence-electron chi connectivity index (χ0n) is 16.5. The van der Waals surface area contributed by atoms with Gasteiger partial charge in [-0.3, -0.25) is 0 Å². The number of nitrogens with one attached hydrogen (secondary N) is 2. The van der Waals surface area contributed by atoms with Crippen molar-refractivity contribution >= 4 is 11.6 Å². The first-order valence-corrected chi connectivity index (χ1v) is 9.26. The molecule has 0 aliphatic heterocycles. The zero-order valence-corrected chi connectivity index (χ0v) is 16.5. The number of rotatable bonds is 9. The first kappa shape index (κ1) is 19.5. The first-order chi connectivity index (χ1) is 13.7. The molecule has 28 heavy (non-hydrogen) atoms. The van der Waals surface area contributed by atoms with E-state index in [2.05, 4.69) is 26.7 Å². The molecule has 0 radical (unpaired) electrons. The van der Waals surface area contributed by atoms with Crippen LogP contribution in [0.1, 0.15) is 17.0 Å². The second-order valence-electron chi connectivity index (χ2n) is 6.38.